The molecule has 0 spiro atoms. The predicted molar refractivity (Wildman–Crippen MR) is 95.9 cm³/mol. The maximum absolute atomic E-state index is 12.2. The second-order valence-corrected chi connectivity index (χ2v) is 7.35. The molecule has 4 heteroatoms. The van der Waals surface area contributed by atoms with Gasteiger partial charge in [-0.15, -0.1) is 0 Å². The zero-order valence-electron chi connectivity index (χ0n) is 13.7. The second-order valence-electron chi connectivity index (χ2n) is 6.94. The molecule has 0 heterocycles. The molecule has 122 valence electrons. The first-order valence-electron chi connectivity index (χ1n) is 7.97. The third-order valence-electron chi connectivity index (χ3n) is 4.67. The molecule has 0 bridgehead atoms. The molecule has 24 heavy (non-hydrogen) atoms. The summed E-state index contributed by atoms with van der Waals surface area (Å²) < 4.78 is 0. The van der Waals surface area contributed by atoms with Gasteiger partial charge in [0.15, 0.2) is 0 Å². The lowest BCUT2D eigenvalue weighted by Gasteiger charge is -2.14. The first-order chi connectivity index (χ1) is 11.4. The van der Waals surface area contributed by atoms with Crippen LogP contribution in [0.2, 0.25) is 5.02 Å². The number of hydrogen-bond donors (Lipinski definition) is 1. The van der Waals surface area contributed by atoms with Crippen LogP contribution in [0.1, 0.15) is 37.3 Å². The maximum Gasteiger partial charge on any atom is 0.228 e. The summed E-state index contributed by atoms with van der Waals surface area (Å²) in [4.78, 5) is 12.2. The lowest BCUT2D eigenvalue weighted by molar-refractivity contribution is -0.118. The molecule has 1 N–H and O–H groups in total. The highest BCUT2D eigenvalue weighted by atomic mass is 35.5. The Morgan fingerprint density at radius 2 is 1.96 bits per heavy atom. The van der Waals surface area contributed by atoms with Crippen molar-refractivity contribution in [3.8, 4) is 6.07 Å². The van der Waals surface area contributed by atoms with Crippen molar-refractivity contribution in [1.82, 2.24) is 0 Å². The number of rotatable bonds is 4. The number of anilines is 1. The van der Waals surface area contributed by atoms with Gasteiger partial charge in [-0.3, -0.25) is 4.79 Å². The van der Waals surface area contributed by atoms with Crippen LogP contribution in [0.4, 0.5) is 5.69 Å². The SMILES string of the molecule is CC1(C)CC1C(=O)Nc1ccc(C(C#N)c2ccccc2)c(Cl)c1. The van der Waals surface area contributed by atoms with Crippen molar-refractivity contribution in [2.24, 2.45) is 11.3 Å². The van der Waals surface area contributed by atoms with Crippen LogP contribution < -0.4 is 5.32 Å². The third kappa shape index (κ3) is 3.29. The largest absolute Gasteiger partial charge is 0.326 e. The van der Waals surface area contributed by atoms with Crippen LogP contribution in [0.5, 0.6) is 0 Å². The van der Waals surface area contributed by atoms with Crippen molar-refractivity contribution in [2.45, 2.75) is 26.2 Å². The molecule has 1 aliphatic rings. The van der Waals surface area contributed by atoms with E-state index in [0.29, 0.717) is 10.7 Å². The standard InChI is InChI=1S/C20H19ClN2O/c1-20(2)11-17(20)19(24)23-14-8-9-15(18(21)10-14)16(12-22)13-6-4-3-5-7-13/h3-10,16-17H,11H2,1-2H3,(H,23,24). The lowest BCUT2D eigenvalue weighted by atomic mass is 9.92. The van der Waals surface area contributed by atoms with Gasteiger partial charge in [0.1, 0.15) is 0 Å². The second kappa shape index (κ2) is 6.30. The van der Waals surface area contributed by atoms with Crippen LogP contribution in [0, 0.1) is 22.7 Å². The number of nitrogens with zero attached hydrogens (tertiary/aromatic N) is 1. The van der Waals surface area contributed by atoms with E-state index in [1.165, 1.54) is 0 Å². The van der Waals surface area contributed by atoms with Crippen molar-refractivity contribution < 1.29 is 4.79 Å². The summed E-state index contributed by atoms with van der Waals surface area (Å²) >= 11 is 6.39. The summed E-state index contributed by atoms with van der Waals surface area (Å²) in [5, 5.41) is 12.9. The number of nitriles is 1. The van der Waals surface area contributed by atoms with Gasteiger partial charge in [-0.2, -0.15) is 5.26 Å². The summed E-state index contributed by atoms with van der Waals surface area (Å²) in [6.07, 6.45) is 0.912. The fourth-order valence-corrected chi connectivity index (χ4v) is 3.24. The molecule has 3 nitrogen and oxygen atoms in total. The summed E-state index contributed by atoms with van der Waals surface area (Å²) in [6, 6.07) is 17.2. The molecular formula is C20H19ClN2O. The van der Waals surface area contributed by atoms with Crippen LogP contribution >= 0.6 is 11.6 Å². The average molecular weight is 339 g/mol. The van der Waals surface area contributed by atoms with Crippen LogP contribution in [-0.4, -0.2) is 5.91 Å². The highest BCUT2D eigenvalue weighted by molar-refractivity contribution is 6.31. The van der Waals surface area contributed by atoms with E-state index in [2.05, 4.69) is 25.2 Å². The molecule has 2 aromatic carbocycles. The van der Waals surface area contributed by atoms with Crippen molar-refractivity contribution in [3.63, 3.8) is 0 Å². The Kier molecular flexibility index (Phi) is 4.34. The molecule has 0 aromatic heterocycles. The fraction of sp³-hybridized carbons (Fsp3) is 0.300. The van der Waals surface area contributed by atoms with E-state index in [4.69, 9.17) is 11.6 Å². The van der Waals surface area contributed by atoms with Gasteiger partial charge in [0, 0.05) is 16.6 Å². The van der Waals surface area contributed by atoms with Gasteiger partial charge in [-0.05, 0) is 35.1 Å². The summed E-state index contributed by atoms with van der Waals surface area (Å²) in [5.41, 5.74) is 2.40. The van der Waals surface area contributed by atoms with Crippen LogP contribution in [0.3, 0.4) is 0 Å². The van der Waals surface area contributed by atoms with E-state index in [1.807, 2.05) is 42.5 Å². The Balaban J connectivity index is 1.80. The number of benzene rings is 2. The molecule has 1 aliphatic carbocycles. The Hall–Kier alpha value is -2.31. The van der Waals surface area contributed by atoms with Gasteiger partial charge < -0.3 is 5.32 Å². The third-order valence-corrected chi connectivity index (χ3v) is 5.00. The Bertz CT molecular complexity index is 808. The number of nitrogens with one attached hydrogen (secondary N) is 1. The lowest BCUT2D eigenvalue weighted by Crippen LogP contribution is -2.16. The summed E-state index contributed by atoms with van der Waals surface area (Å²) in [5.74, 6) is -0.332. The molecule has 1 saturated carbocycles. The monoisotopic (exact) mass is 338 g/mol. The molecule has 0 aliphatic heterocycles. The minimum absolute atomic E-state index is 0.0312. The molecule has 1 fully saturated rings. The highest BCUT2D eigenvalue weighted by Gasteiger charge is 2.50. The van der Waals surface area contributed by atoms with Crippen molar-refractivity contribution >= 4 is 23.2 Å². The minimum atomic E-state index is -0.425. The van der Waals surface area contributed by atoms with Crippen molar-refractivity contribution in [1.29, 1.82) is 5.26 Å². The molecule has 3 rings (SSSR count). The number of carbonyl (C=O) groups excluding carboxylic acids is 1. The number of amides is 1. The van der Waals surface area contributed by atoms with E-state index < -0.39 is 5.92 Å². The topological polar surface area (TPSA) is 52.9 Å². The van der Waals surface area contributed by atoms with Gasteiger partial charge in [-0.1, -0.05) is 61.8 Å². The Morgan fingerprint density at radius 3 is 2.50 bits per heavy atom. The quantitative estimate of drug-likeness (QED) is 0.854. The molecule has 1 amide bonds. The average Bonchev–Trinajstić information content (AvgIpc) is 3.20. The van der Waals surface area contributed by atoms with Crippen molar-refractivity contribution in [3.05, 3.63) is 64.7 Å². The number of hydrogen-bond acceptors (Lipinski definition) is 2. The van der Waals surface area contributed by atoms with E-state index in [1.54, 1.807) is 6.07 Å². The van der Waals surface area contributed by atoms with Gasteiger partial charge in [0.05, 0.1) is 12.0 Å². The summed E-state index contributed by atoms with van der Waals surface area (Å²) in [6.45, 7) is 4.18. The van der Waals surface area contributed by atoms with Crippen LogP contribution in [0.15, 0.2) is 48.5 Å². The number of halogens is 1. The molecule has 0 radical (unpaired) electrons. The predicted octanol–water partition coefficient (Wildman–Crippen LogP) is 4.98. The van der Waals surface area contributed by atoms with Gasteiger partial charge in [0.2, 0.25) is 5.91 Å². The van der Waals surface area contributed by atoms with Gasteiger partial charge >= 0.3 is 0 Å². The zero-order chi connectivity index (χ0) is 17.3. The van der Waals surface area contributed by atoms with Gasteiger partial charge in [-0.25, -0.2) is 0 Å². The molecule has 2 atom stereocenters. The van der Waals surface area contributed by atoms with Gasteiger partial charge in [0.25, 0.3) is 0 Å². The molecule has 2 aromatic rings. The highest BCUT2D eigenvalue weighted by Crippen LogP contribution is 2.52. The number of carbonyl (C=O) groups is 1. The van der Waals surface area contributed by atoms with E-state index in [9.17, 15) is 10.1 Å². The normalized spacial score (nSPS) is 19.2. The summed E-state index contributed by atoms with van der Waals surface area (Å²) in [7, 11) is 0. The Morgan fingerprint density at radius 1 is 1.29 bits per heavy atom. The van der Waals surface area contributed by atoms with Crippen LogP contribution in [0.25, 0.3) is 0 Å². The smallest absolute Gasteiger partial charge is 0.228 e. The first kappa shape index (κ1) is 16.5. The first-order valence-corrected chi connectivity index (χ1v) is 8.35. The zero-order valence-corrected chi connectivity index (χ0v) is 14.5. The van der Waals surface area contributed by atoms with E-state index in [0.717, 1.165) is 17.5 Å². The van der Waals surface area contributed by atoms with E-state index >= 15 is 0 Å². The fourth-order valence-electron chi connectivity index (χ4n) is 2.95. The van der Waals surface area contributed by atoms with Crippen molar-refractivity contribution in [2.75, 3.05) is 5.32 Å². The molecule has 0 saturated heterocycles. The Labute approximate surface area is 147 Å². The molecule has 2 unspecified atom stereocenters. The van der Waals surface area contributed by atoms with Crippen LogP contribution in [-0.2, 0) is 4.79 Å². The van der Waals surface area contributed by atoms with E-state index in [-0.39, 0.29) is 17.2 Å². The molecular weight excluding hydrogens is 320 g/mol. The minimum Gasteiger partial charge on any atom is -0.326 e. The maximum atomic E-state index is 12.2.